The van der Waals surface area contributed by atoms with Crippen LogP contribution in [0.2, 0.25) is 5.02 Å². The zero-order chi connectivity index (χ0) is 10.0. The van der Waals surface area contributed by atoms with Gasteiger partial charge in [0.2, 0.25) is 0 Å². The quantitative estimate of drug-likeness (QED) is 0.681. The van der Waals surface area contributed by atoms with E-state index in [1.807, 2.05) is 13.2 Å². The number of halogens is 3. The molecule has 0 spiro atoms. The van der Waals surface area contributed by atoms with Gasteiger partial charge in [-0.25, -0.2) is 8.78 Å². The van der Waals surface area contributed by atoms with Gasteiger partial charge < -0.3 is 0 Å². The molecule has 13 heavy (non-hydrogen) atoms. The van der Waals surface area contributed by atoms with E-state index in [-0.39, 0.29) is 10.3 Å². The van der Waals surface area contributed by atoms with Crippen molar-refractivity contribution in [1.29, 1.82) is 0 Å². The molecule has 0 saturated heterocycles. The standard InChI is InChI=1S/C9H9ClF2S/c1-5(13-2)7-3-6(11)4-8(12)9(7)10/h3-5H,1-2H3. The maximum Gasteiger partial charge on any atom is 0.145 e. The molecule has 4 heteroatoms. The first-order chi connectivity index (χ1) is 6.06. The normalized spacial score (nSPS) is 13.0. The topological polar surface area (TPSA) is 0 Å². The molecule has 1 atom stereocenters. The lowest BCUT2D eigenvalue weighted by Crippen LogP contribution is -1.93. The third-order valence-electron chi connectivity index (χ3n) is 1.81. The molecule has 0 heterocycles. The van der Waals surface area contributed by atoms with Crippen LogP contribution >= 0.6 is 23.4 Å². The predicted octanol–water partition coefficient (Wildman–Crippen LogP) is 4.04. The highest BCUT2D eigenvalue weighted by Gasteiger charge is 2.13. The zero-order valence-corrected chi connectivity index (χ0v) is 8.85. The van der Waals surface area contributed by atoms with Crippen molar-refractivity contribution >= 4 is 23.4 Å². The summed E-state index contributed by atoms with van der Waals surface area (Å²) in [5.74, 6) is -1.28. The molecular formula is C9H9ClF2S. The Hall–Kier alpha value is -0.280. The number of thioether (sulfide) groups is 1. The minimum atomic E-state index is -0.697. The van der Waals surface area contributed by atoms with E-state index >= 15 is 0 Å². The number of hydrogen-bond donors (Lipinski definition) is 0. The van der Waals surface area contributed by atoms with Crippen molar-refractivity contribution in [3.05, 3.63) is 34.4 Å². The molecule has 0 amide bonds. The first-order valence-electron chi connectivity index (χ1n) is 3.73. The molecular weight excluding hydrogens is 214 g/mol. The van der Waals surface area contributed by atoms with Gasteiger partial charge in [-0.1, -0.05) is 11.6 Å². The van der Waals surface area contributed by atoms with E-state index in [9.17, 15) is 8.78 Å². The van der Waals surface area contributed by atoms with Crippen LogP contribution in [0.15, 0.2) is 12.1 Å². The highest BCUT2D eigenvalue weighted by Crippen LogP contribution is 2.33. The van der Waals surface area contributed by atoms with Gasteiger partial charge in [0.15, 0.2) is 0 Å². The van der Waals surface area contributed by atoms with Gasteiger partial charge in [-0.3, -0.25) is 0 Å². The lowest BCUT2D eigenvalue weighted by atomic mass is 10.1. The maximum atomic E-state index is 13.0. The average molecular weight is 223 g/mol. The summed E-state index contributed by atoms with van der Waals surface area (Å²) >= 11 is 7.18. The van der Waals surface area contributed by atoms with Crippen LogP contribution in [0, 0.1) is 11.6 Å². The fourth-order valence-corrected chi connectivity index (χ4v) is 1.78. The van der Waals surface area contributed by atoms with Gasteiger partial charge >= 0.3 is 0 Å². The fourth-order valence-electron chi connectivity index (χ4n) is 0.999. The molecule has 0 nitrogen and oxygen atoms in total. The van der Waals surface area contributed by atoms with Crippen molar-refractivity contribution in [1.82, 2.24) is 0 Å². The van der Waals surface area contributed by atoms with Crippen molar-refractivity contribution in [2.45, 2.75) is 12.2 Å². The molecule has 0 aliphatic carbocycles. The van der Waals surface area contributed by atoms with Crippen LogP contribution in [0.1, 0.15) is 17.7 Å². The van der Waals surface area contributed by atoms with Gasteiger partial charge in [-0.05, 0) is 24.8 Å². The Kier molecular flexibility index (Phi) is 3.56. The van der Waals surface area contributed by atoms with Crippen LogP contribution in [0.25, 0.3) is 0 Å². The summed E-state index contributed by atoms with van der Waals surface area (Å²) in [7, 11) is 0. The van der Waals surface area contributed by atoms with Crippen molar-refractivity contribution in [2.75, 3.05) is 6.26 Å². The van der Waals surface area contributed by atoms with Crippen LogP contribution in [0.3, 0.4) is 0 Å². The van der Waals surface area contributed by atoms with Gasteiger partial charge in [0, 0.05) is 11.3 Å². The molecule has 0 saturated carbocycles. The summed E-state index contributed by atoms with van der Waals surface area (Å²) in [4.78, 5) is 0. The van der Waals surface area contributed by atoms with Crippen LogP contribution in [-0.2, 0) is 0 Å². The van der Waals surface area contributed by atoms with Crippen LogP contribution in [-0.4, -0.2) is 6.26 Å². The molecule has 0 aliphatic rings. The number of benzene rings is 1. The smallest absolute Gasteiger partial charge is 0.145 e. The van der Waals surface area contributed by atoms with E-state index in [1.54, 1.807) is 0 Å². The summed E-state index contributed by atoms with van der Waals surface area (Å²) in [6.07, 6.45) is 1.86. The van der Waals surface area contributed by atoms with E-state index in [0.717, 1.165) is 6.07 Å². The minimum Gasteiger partial charge on any atom is -0.207 e. The largest absolute Gasteiger partial charge is 0.207 e. The van der Waals surface area contributed by atoms with Crippen molar-refractivity contribution < 1.29 is 8.78 Å². The first kappa shape index (κ1) is 10.8. The lowest BCUT2D eigenvalue weighted by Gasteiger charge is -2.11. The third kappa shape index (κ3) is 2.35. The monoisotopic (exact) mass is 222 g/mol. The highest BCUT2D eigenvalue weighted by atomic mass is 35.5. The van der Waals surface area contributed by atoms with Crippen LogP contribution < -0.4 is 0 Å². The molecule has 1 rings (SSSR count). The first-order valence-corrected chi connectivity index (χ1v) is 5.40. The second kappa shape index (κ2) is 4.29. The van der Waals surface area contributed by atoms with Gasteiger partial charge in [-0.15, -0.1) is 0 Å². The SMILES string of the molecule is CSC(C)c1cc(F)cc(F)c1Cl. The molecule has 1 unspecified atom stereocenters. The summed E-state index contributed by atoms with van der Waals surface area (Å²) < 4.78 is 25.8. The molecule has 0 aliphatic heterocycles. The van der Waals surface area contributed by atoms with E-state index in [2.05, 4.69) is 0 Å². The minimum absolute atomic E-state index is 0.00213. The molecule has 0 radical (unpaired) electrons. The van der Waals surface area contributed by atoms with Crippen LogP contribution in [0.5, 0.6) is 0 Å². The second-order valence-electron chi connectivity index (χ2n) is 2.67. The molecule has 0 fully saturated rings. The predicted molar refractivity (Wildman–Crippen MR) is 53.3 cm³/mol. The number of hydrogen-bond acceptors (Lipinski definition) is 1. The van der Waals surface area contributed by atoms with E-state index in [1.165, 1.54) is 17.8 Å². The Bertz CT molecular complexity index is 315. The third-order valence-corrected chi connectivity index (χ3v) is 3.17. The van der Waals surface area contributed by atoms with Gasteiger partial charge in [0.25, 0.3) is 0 Å². The zero-order valence-electron chi connectivity index (χ0n) is 7.27. The molecule has 72 valence electrons. The molecule has 1 aromatic carbocycles. The Morgan fingerprint density at radius 3 is 2.54 bits per heavy atom. The average Bonchev–Trinajstić information content (AvgIpc) is 2.10. The van der Waals surface area contributed by atoms with Gasteiger partial charge in [-0.2, -0.15) is 11.8 Å². The Morgan fingerprint density at radius 2 is 2.00 bits per heavy atom. The second-order valence-corrected chi connectivity index (χ2v) is 4.23. The summed E-state index contributed by atoms with van der Waals surface area (Å²) in [5, 5.41) is 0.0148. The van der Waals surface area contributed by atoms with Gasteiger partial charge in [0.05, 0.1) is 5.02 Å². The Morgan fingerprint density at radius 1 is 1.38 bits per heavy atom. The molecule has 0 N–H and O–H groups in total. The Labute approximate surface area is 85.3 Å². The lowest BCUT2D eigenvalue weighted by molar-refractivity contribution is 0.580. The van der Waals surface area contributed by atoms with Crippen molar-refractivity contribution in [3.8, 4) is 0 Å². The highest BCUT2D eigenvalue weighted by molar-refractivity contribution is 7.98. The Balaban J connectivity index is 3.20. The van der Waals surface area contributed by atoms with E-state index in [4.69, 9.17) is 11.6 Å². The van der Waals surface area contributed by atoms with Crippen molar-refractivity contribution in [3.63, 3.8) is 0 Å². The maximum absolute atomic E-state index is 13.0. The molecule has 0 aromatic heterocycles. The van der Waals surface area contributed by atoms with Crippen LogP contribution in [0.4, 0.5) is 8.78 Å². The summed E-state index contributed by atoms with van der Waals surface area (Å²) in [5.41, 5.74) is 0.506. The van der Waals surface area contributed by atoms with Gasteiger partial charge in [0.1, 0.15) is 11.6 Å². The number of rotatable bonds is 2. The van der Waals surface area contributed by atoms with Crippen molar-refractivity contribution in [2.24, 2.45) is 0 Å². The van der Waals surface area contributed by atoms with E-state index < -0.39 is 11.6 Å². The molecule has 0 bridgehead atoms. The summed E-state index contributed by atoms with van der Waals surface area (Å²) in [6.45, 7) is 1.85. The molecule has 1 aromatic rings. The van der Waals surface area contributed by atoms with E-state index in [0.29, 0.717) is 5.56 Å². The summed E-state index contributed by atoms with van der Waals surface area (Å²) in [6, 6.07) is 2.06. The fraction of sp³-hybridized carbons (Fsp3) is 0.333.